The highest BCUT2D eigenvalue weighted by molar-refractivity contribution is 6.32. The first-order chi connectivity index (χ1) is 11.6. The predicted molar refractivity (Wildman–Crippen MR) is 100 cm³/mol. The molecule has 1 amide bonds. The first-order valence-corrected chi connectivity index (χ1v) is 8.76. The van der Waals surface area contributed by atoms with E-state index in [4.69, 9.17) is 22.1 Å². The van der Waals surface area contributed by atoms with Gasteiger partial charge < -0.3 is 15.8 Å². The molecule has 1 atom stereocenters. The Morgan fingerprint density at radius 2 is 2.24 bits per heavy atom. The molecule has 0 bridgehead atoms. The molecule has 1 aromatic rings. The molecule has 8 heteroatoms. The molecule has 1 heterocycles. The van der Waals surface area contributed by atoms with Gasteiger partial charge in [0.15, 0.2) is 0 Å². The van der Waals surface area contributed by atoms with Crippen LogP contribution in [-0.4, -0.2) is 49.6 Å². The normalized spacial score (nSPS) is 17.6. The van der Waals surface area contributed by atoms with Crippen LogP contribution in [-0.2, 0) is 4.79 Å². The lowest BCUT2D eigenvalue weighted by molar-refractivity contribution is -0.121. The number of nitrogens with one attached hydrogen (secondary N) is 1. The maximum atomic E-state index is 13.0. The van der Waals surface area contributed by atoms with Crippen molar-refractivity contribution in [2.75, 3.05) is 32.8 Å². The van der Waals surface area contributed by atoms with Crippen molar-refractivity contribution in [2.24, 2.45) is 5.73 Å². The van der Waals surface area contributed by atoms with Crippen molar-refractivity contribution in [3.05, 3.63) is 29.0 Å². The number of likely N-dealkylation sites (tertiary alicyclic amines) is 1. The van der Waals surface area contributed by atoms with Gasteiger partial charge in [0.2, 0.25) is 5.91 Å². The van der Waals surface area contributed by atoms with E-state index < -0.39 is 0 Å². The van der Waals surface area contributed by atoms with Crippen LogP contribution in [0.3, 0.4) is 0 Å². The van der Waals surface area contributed by atoms with Crippen molar-refractivity contribution in [3.63, 3.8) is 0 Å². The molecule has 0 spiro atoms. The van der Waals surface area contributed by atoms with Gasteiger partial charge in [-0.05, 0) is 37.6 Å². The average molecular weight is 394 g/mol. The predicted octanol–water partition coefficient (Wildman–Crippen LogP) is 2.60. The van der Waals surface area contributed by atoms with Crippen LogP contribution in [0.2, 0.25) is 5.02 Å². The zero-order valence-corrected chi connectivity index (χ0v) is 15.8. The van der Waals surface area contributed by atoms with Crippen LogP contribution >= 0.6 is 24.0 Å². The lowest BCUT2D eigenvalue weighted by atomic mass is 10.0. The van der Waals surface area contributed by atoms with Crippen molar-refractivity contribution >= 4 is 29.9 Å². The Kier molecular flexibility index (Phi) is 10.1. The van der Waals surface area contributed by atoms with E-state index >= 15 is 0 Å². The molecule has 1 aliphatic heterocycles. The quantitative estimate of drug-likeness (QED) is 0.712. The fraction of sp³-hybridized carbons (Fsp3) is 0.588. The van der Waals surface area contributed by atoms with Gasteiger partial charge in [-0.3, -0.25) is 9.69 Å². The highest BCUT2D eigenvalue weighted by Crippen LogP contribution is 2.25. The minimum atomic E-state index is -0.378. The Bertz CT molecular complexity index is 549. The molecule has 3 N–H and O–H groups in total. The molecule has 1 aromatic carbocycles. The van der Waals surface area contributed by atoms with Gasteiger partial charge in [-0.15, -0.1) is 12.4 Å². The minimum Gasteiger partial charge on any atom is -0.491 e. The van der Waals surface area contributed by atoms with E-state index in [0.29, 0.717) is 37.9 Å². The van der Waals surface area contributed by atoms with Gasteiger partial charge in [0.1, 0.15) is 18.2 Å². The third-order valence-corrected chi connectivity index (χ3v) is 4.48. The van der Waals surface area contributed by atoms with Crippen LogP contribution in [0.5, 0.6) is 5.75 Å². The Hall–Kier alpha value is -1.08. The lowest BCUT2D eigenvalue weighted by Gasteiger charge is -2.35. The summed E-state index contributed by atoms with van der Waals surface area (Å²) in [5.41, 5.74) is 5.39. The Morgan fingerprint density at radius 3 is 2.96 bits per heavy atom. The first-order valence-electron chi connectivity index (χ1n) is 8.39. The minimum absolute atomic E-state index is 0. The molecule has 0 radical (unpaired) electrons. The second-order valence-electron chi connectivity index (χ2n) is 5.95. The van der Waals surface area contributed by atoms with E-state index in [0.717, 1.165) is 25.9 Å². The molecular weight excluding hydrogens is 368 g/mol. The molecule has 25 heavy (non-hydrogen) atoms. The van der Waals surface area contributed by atoms with Crippen LogP contribution in [0.1, 0.15) is 25.7 Å². The van der Waals surface area contributed by atoms with E-state index in [2.05, 4.69) is 10.2 Å². The number of ether oxygens (including phenoxy) is 1. The highest BCUT2D eigenvalue weighted by Gasteiger charge is 2.22. The van der Waals surface area contributed by atoms with E-state index in [-0.39, 0.29) is 29.2 Å². The van der Waals surface area contributed by atoms with Crippen LogP contribution in [0, 0.1) is 5.82 Å². The van der Waals surface area contributed by atoms with Crippen LogP contribution in [0.25, 0.3) is 0 Å². The number of hydrogen-bond acceptors (Lipinski definition) is 4. The van der Waals surface area contributed by atoms with Gasteiger partial charge in [0.05, 0.1) is 5.02 Å². The number of benzene rings is 1. The van der Waals surface area contributed by atoms with Crippen molar-refractivity contribution in [1.82, 2.24) is 10.2 Å². The van der Waals surface area contributed by atoms with Crippen LogP contribution in [0.4, 0.5) is 4.39 Å². The number of nitrogens with zero attached hydrogens (tertiary/aromatic N) is 1. The number of halogens is 3. The number of nitrogens with two attached hydrogens (primary N) is 1. The number of amides is 1. The summed E-state index contributed by atoms with van der Waals surface area (Å²) in [6.07, 6.45) is 3.72. The van der Waals surface area contributed by atoms with Gasteiger partial charge in [0, 0.05) is 32.1 Å². The first kappa shape index (κ1) is 22.0. The molecule has 142 valence electrons. The summed E-state index contributed by atoms with van der Waals surface area (Å²) in [6.45, 7) is 3.20. The molecule has 0 aromatic heterocycles. The number of hydrogen-bond donors (Lipinski definition) is 2. The fourth-order valence-corrected chi connectivity index (χ4v) is 3.12. The zero-order valence-electron chi connectivity index (χ0n) is 14.2. The monoisotopic (exact) mass is 393 g/mol. The maximum absolute atomic E-state index is 13.0. The smallest absolute Gasteiger partial charge is 0.221 e. The topological polar surface area (TPSA) is 67.6 Å². The van der Waals surface area contributed by atoms with E-state index in [1.165, 1.54) is 18.6 Å². The summed E-state index contributed by atoms with van der Waals surface area (Å²) in [6, 6.07) is 4.43. The molecule has 1 saturated heterocycles. The van der Waals surface area contributed by atoms with Gasteiger partial charge in [-0.1, -0.05) is 18.0 Å². The van der Waals surface area contributed by atoms with E-state index in [1.807, 2.05) is 0 Å². The summed E-state index contributed by atoms with van der Waals surface area (Å²) in [5.74, 6) is 0.108. The Morgan fingerprint density at radius 1 is 1.44 bits per heavy atom. The van der Waals surface area contributed by atoms with Crippen molar-refractivity contribution in [1.29, 1.82) is 0 Å². The highest BCUT2D eigenvalue weighted by atomic mass is 35.5. The van der Waals surface area contributed by atoms with Gasteiger partial charge in [0.25, 0.3) is 0 Å². The average Bonchev–Trinajstić information content (AvgIpc) is 2.56. The molecule has 1 fully saturated rings. The second-order valence-corrected chi connectivity index (χ2v) is 6.36. The number of carbonyl (C=O) groups is 1. The lowest BCUT2D eigenvalue weighted by Crippen LogP contribution is -2.48. The molecule has 1 aliphatic rings. The molecule has 1 unspecified atom stereocenters. The molecule has 0 aliphatic carbocycles. The number of rotatable bonds is 8. The molecule has 2 rings (SSSR count). The summed E-state index contributed by atoms with van der Waals surface area (Å²) in [5, 5.41) is 3.22. The summed E-state index contributed by atoms with van der Waals surface area (Å²) in [7, 11) is 0. The zero-order chi connectivity index (χ0) is 17.4. The van der Waals surface area contributed by atoms with Gasteiger partial charge >= 0.3 is 0 Å². The summed E-state index contributed by atoms with van der Waals surface area (Å²) < 4.78 is 18.7. The van der Waals surface area contributed by atoms with Crippen LogP contribution in [0.15, 0.2) is 18.2 Å². The fourth-order valence-electron chi connectivity index (χ4n) is 2.90. The molecular formula is C17H26Cl2FN3O2. The maximum Gasteiger partial charge on any atom is 0.221 e. The molecule has 0 saturated carbocycles. The number of piperidine rings is 1. The van der Waals surface area contributed by atoms with Crippen molar-refractivity contribution in [3.8, 4) is 5.75 Å². The summed E-state index contributed by atoms with van der Waals surface area (Å²) >= 11 is 5.96. The third-order valence-electron chi connectivity index (χ3n) is 4.19. The van der Waals surface area contributed by atoms with Gasteiger partial charge in [-0.2, -0.15) is 0 Å². The van der Waals surface area contributed by atoms with Crippen molar-refractivity contribution in [2.45, 2.75) is 31.7 Å². The second kappa shape index (κ2) is 11.5. The molecule has 5 nitrogen and oxygen atoms in total. The standard InChI is InChI=1S/C17H25ClFN3O2.ClH/c18-15-11-13(19)4-5-16(15)24-10-9-22-8-2-1-3-14(22)12-21-17(23)6-7-20;/h4-5,11,14H,1-3,6-10,12,20H2,(H,21,23);1H. The summed E-state index contributed by atoms with van der Waals surface area (Å²) in [4.78, 5) is 13.9. The van der Waals surface area contributed by atoms with Crippen LogP contribution < -0.4 is 15.8 Å². The Balaban J connectivity index is 0.00000312. The van der Waals surface area contributed by atoms with E-state index in [9.17, 15) is 9.18 Å². The largest absolute Gasteiger partial charge is 0.491 e. The third kappa shape index (κ3) is 7.36. The Labute approximate surface area is 159 Å². The van der Waals surface area contributed by atoms with Gasteiger partial charge in [-0.25, -0.2) is 4.39 Å². The van der Waals surface area contributed by atoms with E-state index in [1.54, 1.807) is 6.07 Å². The number of carbonyl (C=O) groups excluding carboxylic acids is 1. The SMILES string of the molecule is Cl.NCCC(=O)NCC1CCCCN1CCOc1ccc(F)cc1Cl. The van der Waals surface area contributed by atoms with Crippen molar-refractivity contribution < 1.29 is 13.9 Å².